The Bertz CT molecular complexity index is 648. The van der Waals surface area contributed by atoms with Crippen LogP contribution in [0.15, 0.2) is 18.2 Å². The molecule has 2 amide bonds. The van der Waals surface area contributed by atoms with Gasteiger partial charge in [0.05, 0.1) is 0 Å². The minimum Gasteiger partial charge on any atom is -0.326 e. The highest BCUT2D eigenvalue weighted by Gasteiger charge is 2.19. The smallest absolute Gasteiger partial charge is 0.243 e. The molecule has 3 unspecified atom stereocenters. The molecule has 0 fully saturated rings. The maximum atomic E-state index is 12.3. The summed E-state index contributed by atoms with van der Waals surface area (Å²) in [6.45, 7) is 10.1. The van der Waals surface area contributed by atoms with Crippen molar-refractivity contribution in [3.63, 3.8) is 0 Å². The SMILES string of the molecule is Cc1ccc(NC(=O)C(C)CC(C)CC(C)CC(=O)NO)cc1C.[HH].[HH].[HH].[HH].[HH].[HH].[HH].[HH].[HH].[HH].[HH].[HH].[HH].[HH].[HH].[HH].[HH].[HH].[HH].[HH].[HH].[HH].[HH].[HH].[HH].[HH].[HH].[HH].[HH].[HH].[HH].[HH].[HH].[HH].[HH].[HH].[HH].[HH].[HH].[HH].[HH].[HH].[HH].[HH].[HH].[HH].[HH].[HH].[HH].[HH].[HH].[HH].[HH].[HH].[HH].[HH].[HH].[HH].[HH].[HH].[HH].[HH].[HH].[HH].[HH].[HH].[HH].[HH]. The van der Waals surface area contributed by atoms with E-state index < -0.39 is 0 Å². The predicted octanol–water partition coefficient (Wildman–Crippen LogP) is 20.6. The topological polar surface area (TPSA) is 78.4 Å². The number of benzene rings is 1. The van der Waals surface area contributed by atoms with Gasteiger partial charge in [0.2, 0.25) is 11.8 Å². The second-order valence-corrected chi connectivity index (χ2v) is 7.11. The first-order chi connectivity index (χ1) is 11.2. The highest BCUT2D eigenvalue weighted by molar-refractivity contribution is 5.92. The van der Waals surface area contributed by atoms with Crippen molar-refractivity contribution in [2.45, 2.75) is 53.9 Å². The zero-order chi connectivity index (χ0) is 18.3. The molecular formula is C19H166N2O3. The van der Waals surface area contributed by atoms with E-state index in [9.17, 15) is 9.59 Å². The second-order valence-electron chi connectivity index (χ2n) is 7.11. The lowest BCUT2D eigenvalue weighted by atomic mass is 9.88. The average molecular weight is 472 g/mol. The average Bonchev–Trinajstić information content (AvgIpc) is 2.50. The first-order valence-electron chi connectivity index (χ1n) is 8.54. The molecule has 0 saturated heterocycles. The number of hydrogen-bond donors (Lipinski definition) is 3. The lowest BCUT2D eigenvalue weighted by Crippen LogP contribution is -2.24. The quantitative estimate of drug-likeness (QED) is 0.260. The number of amides is 2. The Hall–Kier alpha value is -1.88. The van der Waals surface area contributed by atoms with Crippen molar-refractivity contribution in [1.82, 2.24) is 5.48 Å². The van der Waals surface area contributed by atoms with Crippen molar-refractivity contribution in [2.75, 3.05) is 5.32 Å². The molecule has 1 rings (SSSR count). The normalized spacial score (nSPS) is 14.6. The van der Waals surface area contributed by atoms with Crippen LogP contribution in [0.5, 0.6) is 0 Å². The molecule has 5 heteroatoms. The monoisotopic (exact) mass is 471 g/mol. The molecule has 3 N–H and O–H groups in total. The van der Waals surface area contributed by atoms with E-state index in [1.54, 1.807) is 5.48 Å². The Morgan fingerprint density at radius 1 is 1.08 bits per heavy atom. The lowest BCUT2D eigenvalue weighted by molar-refractivity contribution is -0.130. The Morgan fingerprint density at radius 3 is 2.33 bits per heavy atom. The summed E-state index contributed by atoms with van der Waals surface area (Å²) in [7, 11) is 0. The fourth-order valence-electron chi connectivity index (χ4n) is 3.02. The first-order valence-corrected chi connectivity index (χ1v) is 8.54. The van der Waals surface area contributed by atoms with Crippen LogP contribution in [0.2, 0.25) is 0 Å². The van der Waals surface area contributed by atoms with Gasteiger partial charge in [0.25, 0.3) is 0 Å². The Balaban J connectivity index is -0.00000000128. The maximum Gasteiger partial charge on any atom is 0.243 e. The predicted molar refractivity (Wildman–Crippen MR) is 240 cm³/mol. The molecular weight excluding hydrogens is 304 g/mol. The summed E-state index contributed by atoms with van der Waals surface area (Å²) in [5.74, 6) is 0.0516. The summed E-state index contributed by atoms with van der Waals surface area (Å²) in [6.07, 6.45) is 1.90. The number of hydrogen-bond acceptors (Lipinski definition) is 3. The summed E-state index contributed by atoms with van der Waals surface area (Å²) in [5, 5.41) is 11.5. The molecule has 0 saturated carbocycles. The fraction of sp³-hybridized carbons (Fsp3) is 0.579. The van der Waals surface area contributed by atoms with E-state index in [2.05, 4.69) is 12.2 Å². The molecule has 3 atom stereocenters. The van der Waals surface area contributed by atoms with Crippen LogP contribution in [0.3, 0.4) is 0 Å². The summed E-state index contributed by atoms with van der Waals surface area (Å²) in [6, 6.07) is 5.91. The van der Waals surface area contributed by atoms with Crippen LogP contribution in [0.4, 0.5) is 5.69 Å². The van der Waals surface area contributed by atoms with E-state index in [-0.39, 0.29) is 121 Å². The molecule has 5 nitrogen and oxygen atoms in total. The largest absolute Gasteiger partial charge is 0.326 e. The van der Waals surface area contributed by atoms with E-state index in [1.165, 1.54) is 5.56 Å². The number of hydroxylamine groups is 1. The number of carbonyl (C=O) groups is 2. The maximum absolute atomic E-state index is 12.3. The molecule has 0 radical (unpaired) electrons. The van der Waals surface area contributed by atoms with E-state index in [1.807, 2.05) is 45.9 Å². The summed E-state index contributed by atoms with van der Waals surface area (Å²) in [4.78, 5) is 23.5. The van der Waals surface area contributed by atoms with Gasteiger partial charge in [0.15, 0.2) is 0 Å². The molecule has 0 heterocycles. The van der Waals surface area contributed by atoms with E-state index in [0.29, 0.717) is 12.3 Å². The molecule has 1 aromatic carbocycles. The second kappa shape index (κ2) is 9.42. The van der Waals surface area contributed by atoms with Crippen LogP contribution in [-0.4, -0.2) is 17.0 Å². The minimum absolute atomic E-state index is 0. The number of rotatable bonds is 8. The van der Waals surface area contributed by atoms with Gasteiger partial charge in [-0.2, -0.15) is 0 Å². The van der Waals surface area contributed by atoms with Crippen molar-refractivity contribution < 1.29 is 112 Å². The molecule has 1 aromatic rings. The molecule has 0 aliphatic heterocycles. The first kappa shape index (κ1) is 20.2. The van der Waals surface area contributed by atoms with Gasteiger partial charge >= 0.3 is 0 Å². The summed E-state index contributed by atoms with van der Waals surface area (Å²) >= 11 is 0. The number of anilines is 1. The summed E-state index contributed by atoms with van der Waals surface area (Å²) < 4.78 is 0. The number of carbonyl (C=O) groups excluding carboxylic acids is 2. The Labute approximate surface area is 245 Å². The van der Waals surface area contributed by atoms with Gasteiger partial charge < -0.3 is 5.32 Å². The highest BCUT2D eigenvalue weighted by Crippen LogP contribution is 2.23. The molecule has 270 valence electrons. The number of nitrogens with one attached hydrogen (secondary N) is 2. The van der Waals surface area contributed by atoms with E-state index in [4.69, 9.17) is 5.21 Å². The Kier molecular flexibility index (Phi) is 7.92. The Morgan fingerprint density at radius 2 is 1.75 bits per heavy atom. The molecule has 0 aromatic heterocycles. The lowest BCUT2D eigenvalue weighted by Gasteiger charge is -2.20. The third-order valence-electron chi connectivity index (χ3n) is 4.44. The van der Waals surface area contributed by atoms with Crippen molar-refractivity contribution in [1.29, 1.82) is 0 Å². The van der Waals surface area contributed by atoms with Crippen molar-refractivity contribution in [3.05, 3.63) is 29.3 Å². The van der Waals surface area contributed by atoms with Crippen molar-refractivity contribution >= 4 is 17.5 Å². The third-order valence-corrected chi connectivity index (χ3v) is 4.44. The van der Waals surface area contributed by atoms with Gasteiger partial charge in [-0.05, 0) is 61.8 Å². The zero-order valence-electron chi connectivity index (χ0n) is 15.3. The van der Waals surface area contributed by atoms with Crippen LogP contribution >= 0.6 is 0 Å². The minimum atomic E-state index is -0.366. The molecule has 0 bridgehead atoms. The van der Waals surface area contributed by atoms with E-state index >= 15 is 0 Å². The summed E-state index contributed by atoms with van der Waals surface area (Å²) in [5.41, 5.74) is 4.85. The molecule has 0 aliphatic carbocycles. The van der Waals surface area contributed by atoms with Crippen LogP contribution in [0, 0.1) is 31.6 Å². The zero-order valence-corrected chi connectivity index (χ0v) is 15.3. The van der Waals surface area contributed by atoms with Crippen LogP contribution in [0.1, 0.15) is 148 Å². The van der Waals surface area contributed by atoms with Crippen molar-refractivity contribution in [3.8, 4) is 0 Å². The third kappa shape index (κ3) is 6.71. The fourth-order valence-corrected chi connectivity index (χ4v) is 3.02. The molecule has 24 heavy (non-hydrogen) atoms. The van der Waals surface area contributed by atoms with Crippen LogP contribution in [0.25, 0.3) is 0 Å². The number of aryl methyl sites for hydroxylation is 2. The van der Waals surface area contributed by atoms with E-state index in [0.717, 1.165) is 24.1 Å². The molecule has 0 spiro atoms. The van der Waals surface area contributed by atoms with Gasteiger partial charge in [-0.3, -0.25) is 14.8 Å². The van der Waals surface area contributed by atoms with Gasteiger partial charge in [0.1, 0.15) is 0 Å². The standard InChI is InChI=1S/C19H30N2O3.68H2/c1-12(8-13(2)10-18(22)21-24)9-16(5)19(23)20-17-7-6-14(3)15(4)11-17;;;;;;;;;;;;;;;;;;;;;;;;;;;;;;;;;;;;;;;;;;;;;;;;;;;;;;;;;;;;;;;;;;;;/h6-7,11-13,16,24H,8-10H2,1-5H3,(H,20,23)(H,21,22);68*1H. The van der Waals surface area contributed by atoms with Gasteiger partial charge in [-0.15, -0.1) is 0 Å². The van der Waals surface area contributed by atoms with Crippen LogP contribution in [-0.2, 0) is 9.59 Å². The van der Waals surface area contributed by atoms with Gasteiger partial charge in [0, 0.05) is 115 Å². The molecule has 0 aliphatic rings. The van der Waals surface area contributed by atoms with Gasteiger partial charge in [-0.25, -0.2) is 5.48 Å². The highest BCUT2D eigenvalue weighted by atomic mass is 16.5. The van der Waals surface area contributed by atoms with Crippen molar-refractivity contribution in [2.24, 2.45) is 17.8 Å². The van der Waals surface area contributed by atoms with Gasteiger partial charge in [-0.1, -0.05) is 26.8 Å². The van der Waals surface area contributed by atoms with Crippen LogP contribution < -0.4 is 10.8 Å².